The number of thiophene rings is 1. The van der Waals surface area contributed by atoms with E-state index in [0.717, 1.165) is 10.4 Å². The van der Waals surface area contributed by atoms with Crippen LogP contribution in [0.5, 0.6) is 0 Å². The van der Waals surface area contributed by atoms with Crippen LogP contribution in [0.2, 0.25) is 0 Å². The van der Waals surface area contributed by atoms with Crippen molar-refractivity contribution in [1.82, 2.24) is 4.57 Å². The third-order valence-electron chi connectivity index (χ3n) is 3.18. The zero-order valence-corrected chi connectivity index (χ0v) is 12.4. The monoisotopic (exact) mass is 292 g/mol. The number of carbonyl (C=O) groups excluding carboxylic acids is 1. The zero-order chi connectivity index (χ0) is 14.9. The average molecular weight is 292 g/mol. The van der Waals surface area contributed by atoms with Crippen molar-refractivity contribution < 1.29 is 14.7 Å². The van der Waals surface area contributed by atoms with Gasteiger partial charge in [-0.3, -0.25) is 4.79 Å². The molecule has 0 unspecified atom stereocenters. The molecule has 2 aromatic heterocycles. The molecule has 0 bridgehead atoms. The Kier molecular flexibility index (Phi) is 3.94. The van der Waals surface area contributed by atoms with Gasteiger partial charge in [0, 0.05) is 18.1 Å². The van der Waals surface area contributed by atoms with E-state index in [2.05, 4.69) is 5.32 Å². The Morgan fingerprint density at radius 1 is 1.45 bits per heavy atom. The summed E-state index contributed by atoms with van der Waals surface area (Å²) in [6.45, 7) is 3.78. The van der Waals surface area contributed by atoms with Gasteiger partial charge >= 0.3 is 5.97 Å². The molecule has 106 valence electrons. The molecule has 2 rings (SSSR count). The van der Waals surface area contributed by atoms with Gasteiger partial charge in [0.2, 0.25) is 0 Å². The van der Waals surface area contributed by atoms with Crippen LogP contribution in [0.3, 0.4) is 0 Å². The van der Waals surface area contributed by atoms with Crippen LogP contribution in [0, 0.1) is 6.92 Å². The van der Waals surface area contributed by atoms with Gasteiger partial charge in [0.1, 0.15) is 10.7 Å². The molecule has 0 spiro atoms. The van der Waals surface area contributed by atoms with Crippen LogP contribution in [-0.4, -0.2) is 21.6 Å². The number of carboxylic acids is 1. The summed E-state index contributed by atoms with van der Waals surface area (Å²) in [4.78, 5) is 24.5. The van der Waals surface area contributed by atoms with Gasteiger partial charge in [0.15, 0.2) is 0 Å². The van der Waals surface area contributed by atoms with Gasteiger partial charge in [0.05, 0.1) is 5.56 Å². The number of carboxylic acid groups (broad SMARTS) is 1. The fourth-order valence-corrected chi connectivity index (χ4v) is 3.31. The topological polar surface area (TPSA) is 71.3 Å². The molecule has 2 aromatic rings. The first-order valence-electron chi connectivity index (χ1n) is 6.24. The molecule has 2 N–H and O–H groups in total. The number of hydrogen-bond donors (Lipinski definition) is 2. The Morgan fingerprint density at radius 3 is 2.65 bits per heavy atom. The Bertz CT molecular complexity index is 670. The standard InChI is InChI=1S/C14H16N2O3S/c1-4-9-8(2)20-13(11(9)14(18)19)15-12(17)10-6-5-7-16(10)3/h5-7H,4H2,1-3H3,(H,15,17)(H,18,19). The highest BCUT2D eigenvalue weighted by molar-refractivity contribution is 7.16. The fraction of sp³-hybridized carbons (Fsp3) is 0.286. The molecule has 20 heavy (non-hydrogen) atoms. The number of aryl methyl sites for hydroxylation is 2. The number of carbonyl (C=O) groups is 2. The summed E-state index contributed by atoms with van der Waals surface area (Å²) in [5.41, 5.74) is 1.48. The Labute approximate surface area is 120 Å². The number of nitrogens with one attached hydrogen (secondary N) is 1. The van der Waals surface area contributed by atoms with Gasteiger partial charge in [-0.2, -0.15) is 0 Å². The summed E-state index contributed by atoms with van der Waals surface area (Å²) in [7, 11) is 1.77. The lowest BCUT2D eigenvalue weighted by atomic mass is 10.1. The van der Waals surface area contributed by atoms with Crippen molar-refractivity contribution in [3.8, 4) is 0 Å². The van der Waals surface area contributed by atoms with Gasteiger partial charge in [0.25, 0.3) is 5.91 Å². The van der Waals surface area contributed by atoms with Crippen molar-refractivity contribution in [3.63, 3.8) is 0 Å². The number of aromatic nitrogens is 1. The van der Waals surface area contributed by atoms with E-state index in [1.165, 1.54) is 11.3 Å². The maximum atomic E-state index is 12.2. The maximum Gasteiger partial charge on any atom is 0.339 e. The third kappa shape index (κ3) is 2.46. The van der Waals surface area contributed by atoms with Gasteiger partial charge in [-0.15, -0.1) is 11.3 Å². The molecule has 0 aliphatic carbocycles. The van der Waals surface area contributed by atoms with E-state index in [1.54, 1.807) is 29.9 Å². The number of amides is 1. The number of rotatable bonds is 4. The molecule has 1 amide bonds. The predicted octanol–water partition coefficient (Wildman–Crippen LogP) is 2.91. The minimum atomic E-state index is -1.01. The second-order valence-electron chi connectivity index (χ2n) is 4.46. The lowest BCUT2D eigenvalue weighted by molar-refractivity contribution is 0.0697. The van der Waals surface area contributed by atoms with Crippen molar-refractivity contribution in [2.45, 2.75) is 20.3 Å². The van der Waals surface area contributed by atoms with E-state index in [1.807, 2.05) is 13.8 Å². The van der Waals surface area contributed by atoms with Crippen LogP contribution in [0.1, 0.15) is 38.2 Å². The molecular weight excluding hydrogens is 276 g/mol. The average Bonchev–Trinajstić information content (AvgIpc) is 2.92. The van der Waals surface area contributed by atoms with E-state index in [0.29, 0.717) is 17.1 Å². The van der Waals surface area contributed by atoms with Crippen molar-refractivity contribution >= 4 is 28.2 Å². The minimum absolute atomic E-state index is 0.206. The van der Waals surface area contributed by atoms with Gasteiger partial charge in [-0.1, -0.05) is 6.92 Å². The smallest absolute Gasteiger partial charge is 0.339 e. The lowest BCUT2D eigenvalue weighted by Gasteiger charge is -2.06. The fourth-order valence-electron chi connectivity index (χ4n) is 2.18. The van der Waals surface area contributed by atoms with Crippen LogP contribution in [-0.2, 0) is 13.5 Å². The van der Waals surface area contributed by atoms with E-state index in [9.17, 15) is 14.7 Å². The Morgan fingerprint density at radius 2 is 2.15 bits per heavy atom. The molecule has 2 heterocycles. The van der Waals surface area contributed by atoms with Crippen LogP contribution in [0.4, 0.5) is 5.00 Å². The van der Waals surface area contributed by atoms with E-state index in [4.69, 9.17) is 0 Å². The van der Waals surface area contributed by atoms with Crippen molar-refractivity contribution in [1.29, 1.82) is 0 Å². The highest BCUT2D eigenvalue weighted by atomic mass is 32.1. The summed E-state index contributed by atoms with van der Waals surface area (Å²) < 4.78 is 1.69. The number of nitrogens with zero attached hydrogens (tertiary/aromatic N) is 1. The van der Waals surface area contributed by atoms with Crippen LogP contribution >= 0.6 is 11.3 Å². The van der Waals surface area contributed by atoms with Gasteiger partial charge in [-0.25, -0.2) is 4.79 Å². The molecule has 0 saturated heterocycles. The van der Waals surface area contributed by atoms with Gasteiger partial charge < -0.3 is 15.0 Å². The summed E-state index contributed by atoms with van der Waals surface area (Å²) in [5.74, 6) is -1.31. The van der Waals surface area contributed by atoms with Crippen molar-refractivity contribution in [2.24, 2.45) is 7.05 Å². The van der Waals surface area contributed by atoms with Crippen molar-refractivity contribution in [2.75, 3.05) is 5.32 Å². The molecule has 0 radical (unpaired) electrons. The third-order valence-corrected chi connectivity index (χ3v) is 4.24. The summed E-state index contributed by atoms with van der Waals surface area (Å²) in [6, 6.07) is 3.46. The Hall–Kier alpha value is -2.08. The molecule has 6 heteroatoms. The van der Waals surface area contributed by atoms with Crippen LogP contribution < -0.4 is 5.32 Å². The second kappa shape index (κ2) is 5.50. The van der Waals surface area contributed by atoms with Crippen LogP contribution in [0.15, 0.2) is 18.3 Å². The first-order chi connectivity index (χ1) is 9.45. The van der Waals surface area contributed by atoms with E-state index < -0.39 is 5.97 Å². The molecule has 5 nitrogen and oxygen atoms in total. The van der Waals surface area contributed by atoms with E-state index in [-0.39, 0.29) is 11.5 Å². The molecule has 0 aliphatic heterocycles. The van der Waals surface area contributed by atoms with Crippen molar-refractivity contribution in [3.05, 3.63) is 40.0 Å². The van der Waals surface area contributed by atoms with Gasteiger partial charge in [-0.05, 0) is 31.0 Å². The minimum Gasteiger partial charge on any atom is -0.478 e. The summed E-state index contributed by atoms with van der Waals surface area (Å²) in [6.07, 6.45) is 2.40. The normalized spacial score (nSPS) is 10.6. The second-order valence-corrected chi connectivity index (χ2v) is 5.68. The number of aromatic carboxylic acids is 1. The quantitative estimate of drug-likeness (QED) is 0.910. The molecule has 0 aliphatic rings. The highest BCUT2D eigenvalue weighted by Gasteiger charge is 2.22. The molecule has 0 atom stereocenters. The zero-order valence-electron chi connectivity index (χ0n) is 11.6. The van der Waals surface area contributed by atoms with Crippen LogP contribution in [0.25, 0.3) is 0 Å². The molecule has 0 fully saturated rings. The SMILES string of the molecule is CCc1c(C)sc(NC(=O)c2cccn2C)c1C(=O)O. The largest absolute Gasteiger partial charge is 0.478 e. The summed E-state index contributed by atoms with van der Waals surface area (Å²) in [5, 5.41) is 12.4. The molecular formula is C14H16N2O3S. The lowest BCUT2D eigenvalue weighted by Crippen LogP contribution is -2.16. The first-order valence-corrected chi connectivity index (χ1v) is 7.05. The summed E-state index contributed by atoms with van der Waals surface area (Å²) >= 11 is 1.30. The first kappa shape index (κ1) is 14.3. The Balaban J connectivity index is 2.37. The number of hydrogen-bond acceptors (Lipinski definition) is 3. The molecule has 0 aromatic carbocycles. The predicted molar refractivity (Wildman–Crippen MR) is 78.8 cm³/mol. The van der Waals surface area contributed by atoms with E-state index >= 15 is 0 Å². The molecule has 0 saturated carbocycles. The maximum absolute atomic E-state index is 12.2. The number of anilines is 1. The highest BCUT2D eigenvalue weighted by Crippen LogP contribution is 2.33.